The molecule has 0 heterocycles. The summed E-state index contributed by atoms with van der Waals surface area (Å²) in [7, 11) is 0. The van der Waals surface area contributed by atoms with Crippen molar-refractivity contribution in [1.82, 2.24) is 0 Å². The first-order chi connectivity index (χ1) is 28.6. The smallest absolute Gasteiger partial charge is 0.306 e. The van der Waals surface area contributed by atoms with E-state index in [1.54, 1.807) is 0 Å². The Bertz CT molecular complexity index is 1090. The fraction of sp³-hybridized carbons (Fsp3) is 0.698. The van der Waals surface area contributed by atoms with Gasteiger partial charge in [-0.3, -0.25) is 9.59 Å². The molecule has 0 aromatic heterocycles. The lowest BCUT2D eigenvalue weighted by molar-refractivity contribution is -0.163. The molecular formula is C53H90O5. The molecule has 0 saturated heterocycles. The predicted octanol–water partition coefficient (Wildman–Crippen LogP) is 16.1. The summed E-state index contributed by atoms with van der Waals surface area (Å²) in [5.41, 5.74) is 0. The summed E-state index contributed by atoms with van der Waals surface area (Å²) in [6.07, 6.45) is 63.0. The maximum atomic E-state index is 12.7. The second-order valence-corrected chi connectivity index (χ2v) is 15.6. The van der Waals surface area contributed by atoms with Crippen LogP contribution in [-0.2, 0) is 23.8 Å². The molecule has 0 N–H and O–H groups in total. The Morgan fingerprint density at radius 3 is 1.36 bits per heavy atom. The third kappa shape index (κ3) is 45.8. The quantitative estimate of drug-likeness (QED) is 0.0349. The lowest BCUT2D eigenvalue weighted by Gasteiger charge is -2.18. The van der Waals surface area contributed by atoms with Gasteiger partial charge in [0.1, 0.15) is 6.61 Å². The van der Waals surface area contributed by atoms with Gasteiger partial charge in [0.15, 0.2) is 6.10 Å². The van der Waals surface area contributed by atoms with E-state index in [9.17, 15) is 9.59 Å². The molecule has 0 aliphatic rings. The van der Waals surface area contributed by atoms with E-state index in [1.165, 1.54) is 96.3 Å². The predicted molar refractivity (Wildman–Crippen MR) is 251 cm³/mol. The maximum Gasteiger partial charge on any atom is 0.306 e. The third-order valence-electron chi connectivity index (χ3n) is 9.88. The number of carbonyl (C=O) groups excluding carboxylic acids is 2. The van der Waals surface area contributed by atoms with Gasteiger partial charge in [-0.1, -0.05) is 183 Å². The van der Waals surface area contributed by atoms with Crippen molar-refractivity contribution in [2.45, 2.75) is 219 Å². The zero-order valence-corrected chi connectivity index (χ0v) is 38.0. The van der Waals surface area contributed by atoms with E-state index in [0.29, 0.717) is 19.4 Å². The number of hydrogen-bond acceptors (Lipinski definition) is 5. The van der Waals surface area contributed by atoms with Crippen LogP contribution in [0.5, 0.6) is 0 Å². The molecule has 0 bridgehead atoms. The highest BCUT2D eigenvalue weighted by Gasteiger charge is 2.17. The summed E-state index contributed by atoms with van der Waals surface area (Å²) in [6.45, 7) is 7.58. The molecular weight excluding hydrogens is 717 g/mol. The topological polar surface area (TPSA) is 61.8 Å². The van der Waals surface area contributed by atoms with Crippen LogP contribution in [0.25, 0.3) is 0 Å². The first-order valence-electron chi connectivity index (χ1n) is 24.1. The average Bonchev–Trinajstić information content (AvgIpc) is 3.22. The normalized spacial score (nSPS) is 12.9. The Morgan fingerprint density at radius 2 is 0.810 bits per heavy atom. The van der Waals surface area contributed by atoms with Crippen molar-refractivity contribution in [1.29, 1.82) is 0 Å². The Labute approximate surface area is 359 Å². The highest BCUT2D eigenvalue weighted by Crippen LogP contribution is 2.12. The fourth-order valence-electron chi connectivity index (χ4n) is 6.28. The summed E-state index contributed by atoms with van der Waals surface area (Å²) in [4.78, 5) is 25.3. The molecule has 0 amide bonds. The van der Waals surface area contributed by atoms with Gasteiger partial charge in [-0.2, -0.15) is 0 Å². The van der Waals surface area contributed by atoms with E-state index in [4.69, 9.17) is 14.2 Å². The van der Waals surface area contributed by atoms with Crippen LogP contribution in [0.2, 0.25) is 0 Å². The van der Waals surface area contributed by atoms with Crippen LogP contribution in [0.15, 0.2) is 85.1 Å². The number of esters is 2. The number of carbonyl (C=O) groups is 2. The lowest BCUT2D eigenvalue weighted by Crippen LogP contribution is -2.30. The minimum absolute atomic E-state index is 0.0468. The van der Waals surface area contributed by atoms with Crippen molar-refractivity contribution in [2.75, 3.05) is 19.8 Å². The second kappa shape index (κ2) is 48.4. The molecule has 0 spiro atoms. The Hall–Kier alpha value is -2.92. The van der Waals surface area contributed by atoms with Gasteiger partial charge in [0.2, 0.25) is 0 Å². The highest BCUT2D eigenvalue weighted by atomic mass is 16.6. The van der Waals surface area contributed by atoms with Crippen LogP contribution < -0.4 is 0 Å². The van der Waals surface area contributed by atoms with Gasteiger partial charge in [0.25, 0.3) is 0 Å². The highest BCUT2D eigenvalue weighted by molar-refractivity contribution is 5.70. The minimum atomic E-state index is -0.568. The summed E-state index contributed by atoms with van der Waals surface area (Å²) in [5.74, 6) is -0.482. The molecule has 5 nitrogen and oxygen atoms in total. The molecule has 5 heteroatoms. The molecule has 58 heavy (non-hydrogen) atoms. The van der Waals surface area contributed by atoms with E-state index in [1.807, 2.05) is 0 Å². The van der Waals surface area contributed by atoms with Crippen LogP contribution in [0, 0.1) is 0 Å². The van der Waals surface area contributed by atoms with Gasteiger partial charge in [-0.15, -0.1) is 0 Å². The van der Waals surface area contributed by atoms with Crippen LogP contribution in [-0.4, -0.2) is 37.9 Å². The maximum absolute atomic E-state index is 12.7. The zero-order valence-electron chi connectivity index (χ0n) is 38.0. The van der Waals surface area contributed by atoms with E-state index in [-0.39, 0.29) is 25.2 Å². The van der Waals surface area contributed by atoms with E-state index in [2.05, 4.69) is 106 Å². The molecule has 0 radical (unpaired) electrons. The summed E-state index contributed by atoms with van der Waals surface area (Å²) in [5, 5.41) is 0. The van der Waals surface area contributed by atoms with E-state index in [0.717, 1.165) is 83.5 Å². The van der Waals surface area contributed by atoms with Gasteiger partial charge in [0.05, 0.1) is 6.61 Å². The SMILES string of the molecule is CC/C=C\C/C=C\C/C=C\C/C=C\C/C=C\CCCC(=O)OCC(COCCCCCCCC/C=C\CCCCCC)OC(=O)CCCCCCC/C=C\CCCC. The summed E-state index contributed by atoms with van der Waals surface area (Å²) < 4.78 is 17.3. The molecule has 1 unspecified atom stereocenters. The van der Waals surface area contributed by atoms with Crippen LogP contribution in [0.4, 0.5) is 0 Å². The second-order valence-electron chi connectivity index (χ2n) is 15.6. The largest absolute Gasteiger partial charge is 0.462 e. The molecule has 0 aliphatic heterocycles. The minimum Gasteiger partial charge on any atom is -0.462 e. The van der Waals surface area contributed by atoms with Crippen molar-refractivity contribution in [3.05, 3.63) is 85.1 Å². The van der Waals surface area contributed by atoms with E-state index < -0.39 is 6.10 Å². The van der Waals surface area contributed by atoms with Gasteiger partial charge >= 0.3 is 11.9 Å². The molecule has 0 aliphatic carbocycles. The number of rotatable bonds is 43. The molecule has 0 saturated carbocycles. The molecule has 0 aromatic rings. The molecule has 0 rings (SSSR count). The average molecular weight is 807 g/mol. The van der Waals surface area contributed by atoms with Crippen LogP contribution in [0.1, 0.15) is 213 Å². The van der Waals surface area contributed by atoms with E-state index >= 15 is 0 Å². The number of unbranched alkanes of at least 4 members (excludes halogenated alkanes) is 18. The van der Waals surface area contributed by atoms with Crippen molar-refractivity contribution < 1.29 is 23.8 Å². The van der Waals surface area contributed by atoms with Crippen molar-refractivity contribution >= 4 is 11.9 Å². The van der Waals surface area contributed by atoms with Crippen molar-refractivity contribution in [3.8, 4) is 0 Å². The molecule has 0 aromatic carbocycles. The van der Waals surface area contributed by atoms with Gasteiger partial charge < -0.3 is 14.2 Å². The van der Waals surface area contributed by atoms with Crippen LogP contribution >= 0.6 is 0 Å². The van der Waals surface area contributed by atoms with Gasteiger partial charge in [-0.25, -0.2) is 0 Å². The first kappa shape index (κ1) is 55.1. The lowest BCUT2D eigenvalue weighted by atomic mass is 10.1. The van der Waals surface area contributed by atoms with Gasteiger partial charge in [-0.05, 0) is 103 Å². The molecule has 0 fully saturated rings. The third-order valence-corrected chi connectivity index (χ3v) is 9.88. The van der Waals surface area contributed by atoms with Crippen LogP contribution in [0.3, 0.4) is 0 Å². The number of allylic oxidation sites excluding steroid dienone is 14. The Morgan fingerprint density at radius 1 is 0.397 bits per heavy atom. The Balaban J connectivity index is 4.37. The molecule has 1 atom stereocenters. The monoisotopic (exact) mass is 807 g/mol. The molecule has 332 valence electrons. The summed E-state index contributed by atoms with van der Waals surface area (Å²) >= 11 is 0. The summed E-state index contributed by atoms with van der Waals surface area (Å²) in [6, 6.07) is 0. The zero-order chi connectivity index (χ0) is 42.1. The standard InChI is InChI=1S/C53H90O5/c1-4-7-10-13-16-19-22-24-26-27-28-29-32-34-37-40-43-46-52(54)57-50-51(58-53(55)47-44-41-38-35-31-21-18-15-12-9-6-3)49-56-48-45-42-39-36-33-30-25-23-20-17-14-11-8-5-2/h7,10,15-16,18-20,23-24,26,28-29,34,37,51H,4-6,8-9,11-14,17,21-22,25,27,30-33,35-36,38-50H2,1-3H3/b10-7-,18-15-,19-16-,23-20-,26-24-,29-28-,37-34-. The van der Waals surface area contributed by atoms with Crippen molar-refractivity contribution in [3.63, 3.8) is 0 Å². The first-order valence-corrected chi connectivity index (χ1v) is 24.1. The Kier molecular flexibility index (Phi) is 46.0. The number of ether oxygens (including phenoxy) is 3. The fourth-order valence-corrected chi connectivity index (χ4v) is 6.28. The van der Waals surface area contributed by atoms with Gasteiger partial charge in [0, 0.05) is 19.4 Å². The number of hydrogen-bond donors (Lipinski definition) is 0. The van der Waals surface area contributed by atoms with Crippen molar-refractivity contribution in [2.24, 2.45) is 0 Å².